The number of ether oxygens (including phenoxy) is 1. The van der Waals surface area contributed by atoms with Gasteiger partial charge in [-0.15, -0.1) is 11.8 Å². The van der Waals surface area contributed by atoms with E-state index in [-0.39, 0.29) is 35.1 Å². The van der Waals surface area contributed by atoms with E-state index in [1.807, 2.05) is 49.4 Å². The van der Waals surface area contributed by atoms with Crippen LogP contribution in [0.3, 0.4) is 0 Å². The zero-order valence-electron chi connectivity index (χ0n) is 16.1. The number of aryl methyl sites for hydroxylation is 1. The Labute approximate surface area is 180 Å². The quantitative estimate of drug-likeness (QED) is 0.499. The van der Waals surface area contributed by atoms with Crippen LogP contribution in [0, 0.1) is 12.8 Å². The fourth-order valence-electron chi connectivity index (χ4n) is 3.90. The first-order valence-corrected chi connectivity index (χ1v) is 11.3. The van der Waals surface area contributed by atoms with Crippen LogP contribution in [0.15, 0.2) is 58.4 Å². The number of nitrogens with zero attached hydrogens (tertiary/aromatic N) is 1. The lowest BCUT2D eigenvalue weighted by Gasteiger charge is -2.34. The van der Waals surface area contributed by atoms with Crippen molar-refractivity contribution in [2.75, 3.05) is 11.1 Å². The Morgan fingerprint density at radius 3 is 2.73 bits per heavy atom. The van der Waals surface area contributed by atoms with E-state index in [0.717, 1.165) is 32.4 Å². The van der Waals surface area contributed by atoms with E-state index in [4.69, 9.17) is 4.74 Å². The van der Waals surface area contributed by atoms with Gasteiger partial charge in [-0.3, -0.25) is 19.0 Å². The smallest absolute Gasteiger partial charge is 0.316 e. The molecule has 0 fully saturated rings. The van der Waals surface area contributed by atoms with Crippen molar-refractivity contribution in [2.45, 2.75) is 24.4 Å². The van der Waals surface area contributed by atoms with Crippen LogP contribution in [0.5, 0.6) is 5.75 Å². The van der Waals surface area contributed by atoms with Gasteiger partial charge in [0.2, 0.25) is 5.91 Å². The summed E-state index contributed by atoms with van der Waals surface area (Å²) in [7, 11) is 0. The van der Waals surface area contributed by atoms with Crippen LogP contribution in [-0.4, -0.2) is 22.2 Å². The number of hydrogen-bond acceptors (Lipinski definition) is 6. The number of anilines is 1. The van der Waals surface area contributed by atoms with Crippen molar-refractivity contribution in [3.8, 4) is 5.75 Å². The molecule has 0 radical (unpaired) electrons. The lowest BCUT2D eigenvalue weighted by atomic mass is 9.83. The number of fused-ring (bicyclic) bond motifs is 5. The highest BCUT2D eigenvalue weighted by Crippen LogP contribution is 2.50. The van der Waals surface area contributed by atoms with E-state index in [1.165, 1.54) is 16.3 Å². The summed E-state index contributed by atoms with van der Waals surface area (Å²) in [4.78, 5) is 38.5. The molecule has 1 N–H and O–H groups in total. The molecule has 0 saturated carbocycles. The van der Waals surface area contributed by atoms with E-state index in [2.05, 4.69) is 5.32 Å². The third kappa shape index (κ3) is 3.26. The normalized spacial score (nSPS) is 19.3. The molecule has 152 valence electrons. The number of esters is 1. The predicted octanol–water partition coefficient (Wildman–Crippen LogP) is 3.63. The summed E-state index contributed by atoms with van der Waals surface area (Å²) >= 11 is 2.56. The van der Waals surface area contributed by atoms with Crippen molar-refractivity contribution in [3.63, 3.8) is 0 Å². The zero-order chi connectivity index (χ0) is 20.8. The van der Waals surface area contributed by atoms with Crippen molar-refractivity contribution < 1.29 is 14.3 Å². The van der Waals surface area contributed by atoms with Gasteiger partial charge < -0.3 is 10.1 Å². The first-order chi connectivity index (χ1) is 14.5. The highest BCUT2D eigenvalue weighted by molar-refractivity contribution is 7.99. The van der Waals surface area contributed by atoms with Gasteiger partial charge in [0.1, 0.15) is 12.3 Å². The highest BCUT2D eigenvalue weighted by Gasteiger charge is 2.44. The third-order valence-electron chi connectivity index (χ3n) is 5.36. The average molecular weight is 439 g/mol. The maximum absolute atomic E-state index is 12.8. The van der Waals surface area contributed by atoms with Crippen LogP contribution in [0.1, 0.15) is 21.9 Å². The number of amides is 1. The number of carbonyl (C=O) groups excluding carboxylic acids is 2. The number of thiazole rings is 1. The molecule has 30 heavy (non-hydrogen) atoms. The highest BCUT2D eigenvalue weighted by atomic mass is 32.2. The summed E-state index contributed by atoms with van der Waals surface area (Å²) in [6.45, 7) is 1.92. The Bertz CT molecular complexity index is 1210. The first-order valence-electron chi connectivity index (χ1n) is 9.54. The standard InChI is InChI=1S/C22H18N2O4S2/c1-12-6-8-13(9-7-12)23-17(25)10-24-20-19(30-22(24)27)18-14-4-2-3-5-16(14)28-21(26)15(18)11-29-20/h2-9,15,18H,10-11H2,1H3,(H,23,25). The van der Waals surface area contributed by atoms with Crippen molar-refractivity contribution in [1.29, 1.82) is 0 Å². The molecule has 0 saturated heterocycles. The Morgan fingerprint density at radius 2 is 1.93 bits per heavy atom. The number of carbonyl (C=O) groups is 2. The average Bonchev–Trinajstić information content (AvgIpc) is 3.05. The van der Waals surface area contributed by atoms with Crippen molar-refractivity contribution in [3.05, 3.63) is 74.2 Å². The number of nitrogens with one attached hydrogen (secondary N) is 1. The lowest BCUT2D eigenvalue weighted by Crippen LogP contribution is -2.36. The Morgan fingerprint density at radius 1 is 1.17 bits per heavy atom. The summed E-state index contributed by atoms with van der Waals surface area (Å²) in [5, 5.41) is 3.62. The van der Waals surface area contributed by atoms with E-state index in [0.29, 0.717) is 17.2 Å². The lowest BCUT2D eigenvalue weighted by molar-refractivity contribution is -0.140. The molecule has 0 aliphatic carbocycles. The first kappa shape index (κ1) is 19.1. The van der Waals surface area contributed by atoms with Crippen LogP contribution >= 0.6 is 23.1 Å². The maximum atomic E-state index is 12.8. The Balaban J connectivity index is 1.47. The van der Waals surface area contributed by atoms with Gasteiger partial charge in [0.15, 0.2) is 0 Å². The largest absolute Gasteiger partial charge is 0.426 e. The van der Waals surface area contributed by atoms with Gasteiger partial charge in [-0.1, -0.05) is 47.2 Å². The van der Waals surface area contributed by atoms with E-state index >= 15 is 0 Å². The molecular weight excluding hydrogens is 420 g/mol. The number of aromatic nitrogens is 1. The molecule has 6 nitrogen and oxygen atoms in total. The minimum atomic E-state index is -0.328. The predicted molar refractivity (Wildman–Crippen MR) is 117 cm³/mol. The summed E-state index contributed by atoms with van der Waals surface area (Å²) in [5.74, 6) is 0.00364. The van der Waals surface area contributed by atoms with Gasteiger partial charge in [-0.05, 0) is 25.1 Å². The molecule has 5 rings (SSSR count). The van der Waals surface area contributed by atoms with Crippen LogP contribution in [0.2, 0.25) is 0 Å². The number of thioether (sulfide) groups is 1. The summed E-state index contributed by atoms with van der Waals surface area (Å²) < 4.78 is 7.02. The summed E-state index contributed by atoms with van der Waals surface area (Å²) in [6, 6.07) is 15.0. The molecule has 2 aliphatic rings. The second kappa shape index (κ2) is 7.45. The molecule has 1 amide bonds. The molecule has 1 aromatic heterocycles. The van der Waals surface area contributed by atoms with Crippen molar-refractivity contribution in [2.24, 2.45) is 5.92 Å². The monoisotopic (exact) mass is 438 g/mol. The SMILES string of the molecule is Cc1ccc(NC(=O)Cn2c3c(sc2=O)C2c4ccccc4OC(=O)C2CS3)cc1. The third-order valence-corrected chi connectivity index (χ3v) is 7.79. The molecule has 0 bridgehead atoms. The van der Waals surface area contributed by atoms with E-state index < -0.39 is 0 Å². The fourth-order valence-corrected chi connectivity index (χ4v) is 6.56. The number of hydrogen-bond donors (Lipinski definition) is 1. The Hall–Kier alpha value is -2.84. The number of rotatable bonds is 3. The summed E-state index contributed by atoms with van der Waals surface area (Å²) in [5.41, 5.74) is 2.72. The minimum absolute atomic E-state index is 0.0605. The molecule has 2 aliphatic heterocycles. The summed E-state index contributed by atoms with van der Waals surface area (Å²) in [6.07, 6.45) is 0. The molecule has 2 atom stereocenters. The molecule has 3 heterocycles. The molecular formula is C22H18N2O4S2. The number of para-hydroxylation sites is 1. The van der Waals surface area contributed by atoms with E-state index in [1.54, 1.807) is 6.07 Å². The maximum Gasteiger partial charge on any atom is 0.316 e. The van der Waals surface area contributed by atoms with E-state index in [9.17, 15) is 14.4 Å². The molecule has 2 aromatic carbocycles. The molecule has 3 aromatic rings. The topological polar surface area (TPSA) is 77.4 Å². The van der Waals surface area contributed by atoms with Crippen LogP contribution in [-0.2, 0) is 16.1 Å². The van der Waals surface area contributed by atoms with Gasteiger partial charge in [0, 0.05) is 27.8 Å². The van der Waals surface area contributed by atoms with Gasteiger partial charge >= 0.3 is 10.8 Å². The van der Waals surface area contributed by atoms with Gasteiger partial charge in [0.05, 0.1) is 10.9 Å². The van der Waals surface area contributed by atoms with Crippen molar-refractivity contribution in [1.82, 2.24) is 4.57 Å². The molecule has 0 spiro atoms. The second-order valence-electron chi connectivity index (χ2n) is 7.39. The van der Waals surface area contributed by atoms with Gasteiger partial charge in [0.25, 0.3) is 0 Å². The fraction of sp³-hybridized carbons (Fsp3) is 0.227. The minimum Gasteiger partial charge on any atom is -0.426 e. The number of benzene rings is 2. The van der Waals surface area contributed by atoms with Crippen LogP contribution < -0.4 is 14.9 Å². The molecule has 2 unspecified atom stereocenters. The van der Waals surface area contributed by atoms with Gasteiger partial charge in [-0.25, -0.2) is 0 Å². The Kier molecular flexibility index (Phi) is 4.75. The molecule has 8 heteroatoms. The van der Waals surface area contributed by atoms with Crippen molar-refractivity contribution >= 4 is 40.7 Å². The second-order valence-corrected chi connectivity index (χ2v) is 9.39. The zero-order valence-corrected chi connectivity index (χ0v) is 17.7. The van der Waals surface area contributed by atoms with Crippen LogP contribution in [0.4, 0.5) is 5.69 Å². The van der Waals surface area contributed by atoms with Gasteiger partial charge in [-0.2, -0.15) is 0 Å². The van der Waals surface area contributed by atoms with Crippen LogP contribution in [0.25, 0.3) is 0 Å².